The Hall–Kier alpha value is -3.54. The molecule has 0 aliphatic carbocycles. The van der Waals surface area contributed by atoms with E-state index < -0.39 is 0 Å². The molecule has 2 aromatic heterocycles. The largest absolute Gasteiger partial charge is 0.506 e. The monoisotopic (exact) mass is 371 g/mol. The molecule has 6 nitrogen and oxygen atoms in total. The Morgan fingerprint density at radius 3 is 2.32 bits per heavy atom. The molecule has 6 heteroatoms. The highest BCUT2D eigenvalue weighted by Crippen LogP contribution is 2.28. The van der Waals surface area contributed by atoms with Gasteiger partial charge >= 0.3 is 0 Å². The molecule has 0 atom stereocenters. The van der Waals surface area contributed by atoms with Crippen molar-refractivity contribution in [1.29, 1.82) is 0 Å². The maximum Gasteiger partial charge on any atom is 0.140 e. The molecular formula is C22H21N5O. The molecule has 2 aromatic carbocycles. The number of aromatic hydroxyl groups is 1. The first-order chi connectivity index (χ1) is 13.8. The number of phenols is 1. The fraction of sp³-hybridized carbons (Fsp3) is 0.182. The first-order valence-corrected chi connectivity index (χ1v) is 9.47. The van der Waals surface area contributed by atoms with E-state index in [1.165, 1.54) is 0 Å². The summed E-state index contributed by atoms with van der Waals surface area (Å²) in [4.78, 5) is 17.1. The molecule has 0 unspecified atom stereocenters. The first kappa shape index (κ1) is 16.6. The highest BCUT2D eigenvalue weighted by Gasteiger charge is 2.20. The van der Waals surface area contributed by atoms with Crippen molar-refractivity contribution in [3.8, 4) is 17.1 Å². The maximum absolute atomic E-state index is 10.1. The lowest BCUT2D eigenvalue weighted by molar-refractivity contribution is 0.472. The minimum absolute atomic E-state index is 0.337. The van der Waals surface area contributed by atoms with Crippen molar-refractivity contribution in [2.24, 2.45) is 0 Å². The predicted molar refractivity (Wildman–Crippen MR) is 112 cm³/mol. The van der Waals surface area contributed by atoms with Crippen LogP contribution < -0.4 is 9.80 Å². The molecule has 1 aliphatic rings. The molecule has 0 spiro atoms. The van der Waals surface area contributed by atoms with Gasteiger partial charge in [-0.1, -0.05) is 24.3 Å². The first-order valence-electron chi connectivity index (χ1n) is 9.47. The number of hydrogen-bond donors (Lipinski definition) is 2. The molecule has 1 saturated heterocycles. The normalized spacial score (nSPS) is 14.6. The Kier molecular flexibility index (Phi) is 4.09. The van der Waals surface area contributed by atoms with Crippen molar-refractivity contribution in [3.05, 3.63) is 66.9 Å². The van der Waals surface area contributed by atoms with Crippen LogP contribution in [-0.4, -0.2) is 46.2 Å². The zero-order chi connectivity index (χ0) is 18.9. The number of piperazine rings is 1. The van der Waals surface area contributed by atoms with Gasteiger partial charge in [-0.15, -0.1) is 0 Å². The van der Waals surface area contributed by atoms with E-state index in [1.807, 2.05) is 48.7 Å². The van der Waals surface area contributed by atoms with Crippen molar-refractivity contribution in [2.75, 3.05) is 36.0 Å². The summed E-state index contributed by atoms with van der Waals surface area (Å²) in [6, 6.07) is 19.6. The third-order valence-electron chi connectivity index (χ3n) is 5.24. The summed E-state index contributed by atoms with van der Waals surface area (Å²) in [5.74, 6) is 2.14. The van der Waals surface area contributed by atoms with Crippen LogP contribution in [-0.2, 0) is 0 Å². The van der Waals surface area contributed by atoms with Crippen LogP contribution in [0.25, 0.3) is 22.4 Å². The van der Waals surface area contributed by atoms with E-state index in [9.17, 15) is 5.11 Å². The van der Waals surface area contributed by atoms with Crippen LogP contribution in [0.4, 0.5) is 11.5 Å². The van der Waals surface area contributed by atoms with Crippen LogP contribution >= 0.6 is 0 Å². The predicted octanol–water partition coefficient (Wildman–Crippen LogP) is 3.66. The number of H-pyrrole nitrogens is 1. The number of nitrogens with zero attached hydrogens (tertiary/aromatic N) is 4. The fourth-order valence-corrected chi connectivity index (χ4v) is 3.71. The highest BCUT2D eigenvalue weighted by atomic mass is 16.3. The lowest BCUT2D eigenvalue weighted by atomic mass is 10.2. The molecule has 4 aromatic rings. The molecule has 1 fully saturated rings. The fourth-order valence-electron chi connectivity index (χ4n) is 3.71. The summed E-state index contributed by atoms with van der Waals surface area (Å²) in [5.41, 5.74) is 3.87. The van der Waals surface area contributed by atoms with Crippen molar-refractivity contribution in [3.63, 3.8) is 0 Å². The summed E-state index contributed by atoms with van der Waals surface area (Å²) in [6.45, 7) is 3.44. The van der Waals surface area contributed by atoms with Crippen LogP contribution in [0.1, 0.15) is 0 Å². The third kappa shape index (κ3) is 3.03. The van der Waals surface area contributed by atoms with Crippen LogP contribution in [0.3, 0.4) is 0 Å². The van der Waals surface area contributed by atoms with Crippen LogP contribution in [0.15, 0.2) is 66.9 Å². The van der Waals surface area contributed by atoms with Gasteiger partial charge in [0, 0.05) is 37.9 Å². The number of imidazole rings is 1. The second-order valence-electron chi connectivity index (χ2n) is 6.97. The Morgan fingerprint density at radius 2 is 1.57 bits per heavy atom. The summed E-state index contributed by atoms with van der Waals surface area (Å²) < 4.78 is 0. The summed E-state index contributed by atoms with van der Waals surface area (Å²) >= 11 is 0. The number of aromatic amines is 1. The van der Waals surface area contributed by atoms with Gasteiger partial charge in [-0.2, -0.15) is 0 Å². The van der Waals surface area contributed by atoms with Gasteiger partial charge in [0.2, 0.25) is 0 Å². The average Bonchev–Trinajstić information content (AvgIpc) is 3.19. The van der Waals surface area contributed by atoms with Gasteiger partial charge in [-0.05, 0) is 36.4 Å². The lowest BCUT2D eigenvalue weighted by Gasteiger charge is -2.36. The number of phenolic OH excluding ortho intramolecular Hbond substituents is 1. The SMILES string of the molecule is Oc1ccccc1N1CCN(c2ccc(-c3nc4ccccc4[nH]3)cn2)CC1. The van der Waals surface area contributed by atoms with E-state index in [-0.39, 0.29) is 0 Å². The van der Waals surface area contributed by atoms with Crippen molar-refractivity contribution >= 4 is 22.5 Å². The number of hydrogen-bond acceptors (Lipinski definition) is 5. The summed E-state index contributed by atoms with van der Waals surface area (Å²) in [7, 11) is 0. The number of pyridine rings is 1. The zero-order valence-electron chi connectivity index (χ0n) is 15.4. The van der Waals surface area contributed by atoms with Gasteiger partial charge in [0.15, 0.2) is 0 Å². The van der Waals surface area contributed by atoms with Crippen LogP contribution in [0, 0.1) is 0 Å². The molecule has 2 N–H and O–H groups in total. The van der Waals surface area contributed by atoms with Crippen LogP contribution in [0.2, 0.25) is 0 Å². The Morgan fingerprint density at radius 1 is 0.821 bits per heavy atom. The maximum atomic E-state index is 10.1. The number of aromatic nitrogens is 3. The number of para-hydroxylation sites is 4. The molecular weight excluding hydrogens is 350 g/mol. The average molecular weight is 371 g/mol. The topological polar surface area (TPSA) is 68.3 Å². The Balaban J connectivity index is 1.29. The Labute approximate surface area is 163 Å². The summed E-state index contributed by atoms with van der Waals surface area (Å²) in [6.07, 6.45) is 1.88. The van der Waals surface area contributed by atoms with Gasteiger partial charge in [-0.3, -0.25) is 0 Å². The number of benzene rings is 2. The third-order valence-corrected chi connectivity index (χ3v) is 5.24. The number of fused-ring (bicyclic) bond motifs is 1. The quantitative estimate of drug-likeness (QED) is 0.575. The molecule has 0 amide bonds. The van der Waals surface area contributed by atoms with Gasteiger partial charge < -0.3 is 19.9 Å². The molecule has 0 radical (unpaired) electrons. The number of anilines is 2. The van der Waals surface area contributed by atoms with Gasteiger partial charge in [0.25, 0.3) is 0 Å². The van der Waals surface area contributed by atoms with E-state index in [1.54, 1.807) is 6.07 Å². The molecule has 140 valence electrons. The van der Waals surface area contributed by atoms with E-state index in [0.717, 1.165) is 60.1 Å². The highest BCUT2D eigenvalue weighted by molar-refractivity contribution is 5.79. The van der Waals surface area contributed by atoms with Crippen molar-refractivity contribution < 1.29 is 5.11 Å². The molecule has 5 rings (SSSR count). The van der Waals surface area contributed by atoms with E-state index in [4.69, 9.17) is 0 Å². The number of rotatable bonds is 3. The van der Waals surface area contributed by atoms with Gasteiger partial charge in [-0.25, -0.2) is 9.97 Å². The second-order valence-corrected chi connectivity index (χ2v) is 6.97. The van der Waals surface area contributed by atoms with E-state index in [2.05, 4.69) is 36.9 Å². The second kappa shape index (κ2) is 6.88. The summed E-state index contributed by atoms with van der Waals surface area (Å²) in [5, 5.41) is 10.1. The molecule has 0 saturated carbocycles. The smallest absolute Gasteiger partial charge is 0.140 e. The van der Waals surface area contributed by atoms with Crippen molar-refractivity contribution in [2.45, 2.75) is 0 Å². The van der Waals surface area contributed by atoms with Gasteiger partial charge in [0.1, 0.15) is 17.4 Å². The van der Waals surface area contributed by atoms with Crippen molar-refractivity contribution in [1.82, 2.24) is 15.0 Å². The molecule has 28 heavy (non-hydrogen) atoms. The van der Waals surface area contributed by atoms with Gasteiger partial charge in [0.05, 0.1) is 16.7 Å². The standard InChI is InChI=1S/C22H21N5O/c28-20-8-4-3-7-19(20)26-11-13-27(14-12-26)21-10-9-16(15-23-21)22-24-17-5-1-2-6-18(17)25-22/h1-10,15,28H,11-14H2,(H,24,25). The molecule has 1 aliphatic heterocycles. The lowest BCUT2D eigenvalue weighted by Crippen LogP contribution is -2.46. The molecule has 3 heterocycles. The minimum atomic E-state index is 0.337. The minimum Gasteiger partial charge on any atom is -0.506 e. The van der Waals surface area contributed by atoms with E-state index in [0.29, 0.717) is 5.75 Å². The van der Waals surface area contributed by atoms with Crippen LogP contribution in [0.5, 0.6) is 5.75 Å². The number of nitrogens with one attached hydrogen (secondary N) is 1. The van der Waals surface area contributed by atoms with E-state index >= 15 is 0 Å². The molecule has 0 bridgehead atoms. The Bertz CT molecular complexity index is 1060. The zero-order valence-corrected chi connectivity index (χ0v) is 15.4.